The second-order valence-electron chi connectivity index (χ2n) is 9.20. The van der Waals surface area contributed by atoms with E-state index in [-0.39, 0.29) is 22.0 Å². The zero-order valence-corrected chi connectivity index (χ0v) is 17.1. The van der Waals surface area contributed by atoms with Crippen LogP contribution in [0.5, 0.6) is 5.75 Å². The Hall–Kier alpha value is -2.90. The molecule has 30 heavy (non-hydrogen) atoms. The number of hydrogen-bond donors (Lipinski definition) is 2. The van der Waals surface area contributed by atoms with Crippen LogP contribution in [0, 0.1) is 27.9 Å². The van der Waals surface area contributed by atoms with Crippen molar-refractivity contribution in [1.82, 2.24) is 9.97 Å². The van der Waals surface area contributed by atoms with Gasteiger partial charge >= 0.3 is 5.69 Å². The number of anilines is 2. The first kappa shape index (κ1) is 19.1. The Morgan fingerprint density at radius 3 is 2.23 bits per heavy atom. The molecule has 8 heteroatoms. The SMILES string of the molecule is COc1ccc(CNc2ncnc(NC34CC5CC(CC(C5)C3)C4)c2[N+](=O)[O-])cc1. The molecule has 0 amide bonds. The lowest BCUT2D eigenvalue weighted by Gasteiger charge is -2.57. The predicted octanol–water partition coefficient (Wildman–Crippen LogP) is 4.39. The highest BCUT2D eigenvalue weighted by molar-refractivity contribution is 5.70. The van der Waals surface area contributed by atoms with Crippen LogP contribution in [-0.2, 0) is 6.54 Å². The number of nitro groups is 1. The molecule has 8 nitrogen and oxygen atoms in total. The highest BCUT2D eigenvalue weighted by Crippen LogP contribution is 2.57. The van der Waals surface area contributed by atoms with E-state index in [0.717, 1.165) is 48.3 Å². The summed E-state index contributed by atoms with van der Waals surface area (Å²) in [5.74, 6) is 3.60. The van der Waals surface area contributed by atoms with E-state index in [1.54, 1.807) is 7.11 Å². The average molecular weight is 409 g/mol. The minimum absolute atomic E-state index is 0.0544. The number of rotatable bonds is 7. The first-order valence-electron chi connectivity index (χ1n) is 10.7. The fourth-order valence-corrected chi connectivity index (χ4v) is 6.22. The van der Waals surface area contributed by atoms with E-state index in [2.05, 4.69) is 20.6 Å². The van der Waals surface area contributed by atoms with Gasteiger partial charge < -0.3 is 15.4 Å². The Kier molecular flexibility index (Phi) is 4.72. The van der Waals surface area contributed by atoms with Crippen molar-refractivity contribution in [2.75, 3.05) is 17.7 Å². The molecule has 4 bridgehead atoms. The fraction of sp³-hybridized carbons (Fsp3) is 0.545. The summed E-state index contributed by atoms with van der Waals surface area (Å²) in [6, 6.07) is 7.58. The maximum absolute atomic E-state index is 12.0. The fourth-order valence-electron chi connectivity index (χ4n) is 6.22. The van der Waals surface area contributed by atoms with Crippen LogP contribution >= 0.6 is 0 Å². The summed E-state index contributed by atoms with van der Waals surface area (Å²) in [6.07, 6.45) is 8.65. The molecule has 0 unspecified atom stereocenters. The molecule has 6 rings (SSSR count). The van der Waals surface area contributed by atoms with E-state index in [1.165, 1.54) is 25.6 Å². The summed E-state index contributed by atoms with van der Waals surface area (Å²) < 4.78 is 5.17. The van der Waals surface area contributed by atoms with E-state index >= 15 is 0 Å². The van der Waals surface area contributed by atoms with Crippen LogP contribution in [0.3, 0.4) is 0 Å². The van der Waals surface area contributed by atoms with Gasteiger partial charge in [0, 0.05) is 12.1 Å². The van der Waals surface area contributed by atoms with Crippen LogP contribution in [0.4, 0.5) is 17.3 Å². The molecule has 1 heterocycles. The Morgan fingerprint density at radius 1 is 1.07 bits per heavy atom. The summed E-state index contributed by atoms with van der Waals surface area (Å²) in [6.45, 7) is 0.429. The molecular weight excluding hydrogens is 382 g/mol. The van der Waals surface area contributed by atoms with Gasteiger partial charge in [-0.2, -0.15) is 0 Å². The smallest absolute Gasteiger partial charge is 0.353 e. The first-order valence-corrected chi connectivity index (χ1v) is 10.7. The molecule has 2 N–H and O–H groups in total. The molecule has 1 aromatic carbocycles. The molecule has 0 saturated heterocycles. The van der Waals surface area contributed by atoms with Gasteiger partial charge in [-0.15, -0.1) is 0 Å². The highest BCUT2D eigenvalue weighted by Gasteiger charge is 2.51. The minimum Gasteiger partial charge on any atom is -0.497 e. The van der Waals surface area contributed by atoms with Crippen LogP contribution in [0.15, 0.2) is 30.6 Å². The average Bonchev–Trinajstić information content (AvgIpc) is 2.71. The van der Waals surface area contributed by atoms with Gasteiger partial charge in [-0.3, -0.25) is 10.1 Å². The molecule has 4 fully saturated rings. The van der Waals surface area contributed by atoms with Crippen molar-refractivity contribution in [3.63, 3.8) is 0 Å². The van der Waals surface area contributed by atoms with Crippen LogP contribution in [0.25, 0.3) is 0 Å². The van der Waals surface area contributed by atoms with Crippen molar-refractivity contribution in [2.45, 2.75) is 50.6 Å². The van der Waals surface area contributed by atoms with Gasteiger partial charge in [0.15, 0.2) is 0 Å². The molecule has 4 aliphatic rings. The van der Waals surface area contributed by atoms with Crippen molar-refractivity contribution in [2.24, 2.45) is 17.8 Å². The molecule has 158 valence electrons. The lowest BCUT2D eigenvalue weighted by atomic mass is 9.53. The summed E-state index contributed by atoms with van der Waals surface area (Å²) in [4.78, 5) is 20.0. The molecule has 0 spiro atoms. The van der Waals surface area contributed by atoms with Gasteiger partial charge in [0.1, 0.15) is 12.1 Å². The second-order valence-corrected chi connectivity index (χ2v) is 9.20. The molecule has 0 radical (unpaired) electrons. The quantitative estimate of drug-likeness (QED) is 0.516. The molecular formula is C22H27N5O3. The standard InChI is InChI=1S/C22H27N5O3/c1-30-18-4-2-14(3-5-18)12-23-20-19(27(28)29)21(25-13-24-20)26-22-9-15-6-16(10-22)8-17(7-15)11-22/h2-5,13,15-17H,6-12H2,1H3,(H2,23,24,25,26). The molecule has 1 aromatic heterocycles. The number of nitrogens with one attached hydrogen (secondary N) is 2. The minimum atomic E-state index is -0.376. The van der Waals surface area contributed by atoms with Gasteiger partial charge in [-0.25, -0.2) is 9.97 Å². The highest BCUT2D eigenvalue weighted by atomic mass is 16.6. The largest absolute Gasteiger partial charge is 0.497 e. The Morgan fingerprint density at radius 2 is 1.67 bits per heavy atom. The zero-order chi connectivity index (χ0) is 20.7. The predicted molar refractivity (Wildman–Crippen MR) is 114 cm³/mol. The Labute approximate surface area is 175 Å². The topological polar surface area (TPSA) is 102 Å². The van der Waals surface area contributed by atoms with Crippen molar-refractivity contribution >= 4 is 17.3 Å². The van der Waals surface area contributed by atoms with Crippen LogP contribution in [0.2, 0.25) is 0 Å². The second kappa shape index (κ2) is 7.41. The lowest BCUT2D eigenvalue weighted by molar-refractivity contribution is -0.383. The number of benzene rings is 1. The molecule has 2 aromatic rings. The van der Waals surface area contributed by atoms with Crippen molar-refractivity contribution in [3.05, 3.63) is 46.3 Å². The van der Waals surface area contributed by atoms with Gasteiger partial charge in [0.2, 0.25) is 11.6 Å². The van der Waals surface area contributed by atoms with Gasteiger partial charge in [0.05, 0.1) is 12.0 Å². The molecule has 0 atom stereocenters. The van der Waals surface area contributed by atoms with E-state index < -0.39 is 0 Å². The lowest BCUT2D eigenvalue weighted by Crippen LogP contribution is -2.55. The van der Waals surface area contributed by atoms with Gasteiger partial charge in [-0.1, -0.05) is 12.1 Å². The Balaban J connectivity index is 1.37. The molecule has 4 saturated carbocycles. The Bertz CT molecular complexity index is 911. The number of hydrogen-bond acceptors (Lipinski definition) is 7. The third-order valence-corrected chi connectivity index (χ3v) is 7.05. The van der Waals surface area contributed by atoms with Gasteiger partial charge in [0.25, 0.3) is 0 Å². The van der Waals surface area contributed by atoms with Crippen molar-refractivity contribution < 1.29 is 9.66 Å². The number of aromatic nitrogens is 2. The van der Waals surface area contributed by atoms with Crippen LogP contribution in [-0.4, -0.2) is 27.5 Å². The summed E-state index contributed by atoms with van der Waals surface area (Å²) >= 11 is 0. The molecule has 4 aliphatic carbocycles. The maximum Gasteiger partial charge on any atom is 0.353 e. The number of ether oxygens (including phenoxy) is 1. The van der Waals surface area contributed by atoms with E-state index in [1.807, 2.05) is 24.3 Å². The van der Waals surface area contributed by atoms with E-state index in [9.17, 15) is 10.1 Å². The van der Waals surface area contributed by atoms with E-state index in [0.29, 0.717) is 12.4 Å². The van der Waals surface area contributed by atoms with Gasteiger partial charge in [-0.05, 0) is 74.0 Å². The monoisotopic (exact) mass is 409 g/mol. The zero-order valence-electron chi connectivity index (χ0n) is 17.1. The van der Waals surface area contributed by atoms with Crippen molar-refractivity contribution in [3.8, 4) is 5.75 Å². The van der Waals surface area contributed by atoms with Crippen LogP contribution in [0.1, 0.15) is 44.1 Å². The van der Waals surface area contributed by atoms with Crippen LogP contribution < -0.4 is 15.4 Å². The van der Waals surface area contributed by atoms with E-state index in [4.69, 9.17) is 4.74 Å². The third-order valence-electron chi connectivity index (χ3n) is 7.05. The summed E-state index contributed by atoms with van der Waals surface area (Å²) in [5, 5.41) is 18.6. The summed E-state index contributed by atoms with van der Waals surface area (Å²) in [5.41, 5.74) is 0.863. The number of nitrogens with zero attached hydrogens (tertiary/aromatic N) is 3. The third kappa shape index (κ3) is 3.55. The first-order chi connectivity index (χ1) is 14.5. The van der Waals surface area contributed by atoms with Crippen molar-refractivity contribution in [1.29, 1.82) is 0 Å². The normalized spacial score (nSPS) is 28.9. The maximum atomic E-state index is 12.0. The summed E-state index contributed by atoms with van der Waals surface area (Å²) in [7, 11) is 1.62. The number of methoxy groups -OCH3 is 1. The molecule has 0 aliphatic heterocycles.